The van der Waals surface area contributed by atoms with Crippen molar-refractivity contribution in [3.63, 3.8) is 0 Å². The quantitative estimate of drug-likeness (QED) is 0.435. The molecule has 0 aliphatic heterocycles. The van der Waals surface area contributed by atoms with E-state index in [4.69, 9.17) is 11.6 Å². The molecule has 0 spiro atoms. The lowest BCUT2D eigenvalue weighted by Crippen LogP contribution is -1.47. The monoisotopic (exact) mass is 95.0 g/mol. The summed E-state index contributed by atoms with van der Waals surface area (Å²) in [5, 5.41) is 0. The highest BCUT2D eigenvalue weighted by Crippen LogP contribution is 2.05. The van der Waals surface area contributed by atoms with Crippen LogP contribution in [0.3, 0.4) is 0 Å². The Bertz CT molecular complexity index is 10.8. The summed E-state index contributed by atoms with van der Waals surface area (Å²) in [5.74, 6) is 0. The van der Waals surface area contributed by atoms with Gasteiger partial charge in [0.2, 0.25) is 0 Å². The van der Waals surface area contributed by atoms with Crippen LogP contribution < -0.4 is 0 Å². The summed E-state index contributed by atoms with van der Waals surface area (Å²) in [5.41, 5.74) is 0. The van der Waals surface area contributed by atoms with Crippen molar-refractivity contribution >= 4 is 24.2 Å². The van der Waals surface area contributed by atoms with Gasteiger partial charge in [0, 0.05) is 0 Å². The molecule has 25 valence electrons. The Balaban J connectivity index is 2.32. The fraction of sp³-hybridized carbons (Fsp3) is 0.500. The summed E-state index contributed by atoms with van der Waals surface area (Å²) in [6, 6.07) is 0. The van der Waals surface area contributed by atoms with Crippen molar-refractivity contribution < 1.29 is 0 Å². The van der Waals surface area contributed by atoms with Gasteiger partial charge in [-0.3, -0.25) is 0 Å². The minimum absolute atomic E-state index is 0.583. The fourth-order valence-electron chi connectivity index (χ4n) is 0. The van der Waals surface area contributed by atoms with Crippen molar-refractivity contribution in [2.24, 2.45) is 0 Å². The van der Waals surface area contributed by atoms with E-state index in [0.717, 1.165) is 0 Å². The van der Waals surface area contributed by atoms with Crippen molar-refractivity contribution in [3.8, 4) is 0 Å². The summed E-state index contributed by atoms with van der Waals surface area (Å²) in [7, 11) is 0. The van der Waals surface area contributed by atoms with Gasteiger partial charge in [0.1, 0.15) is 4.71 Å². The zero-order chi connectivity index (χ0) is 3.58. The van der Waals surface area contributed by atoms with E-state index in [2.05, 4.69) is 12.6 Å². The van der Waals surface area contributed by atoms with E-state index in [1.807, 2.05) is 0 Å². The largest absolute Gasteiger partial charge is 0.154 e. The summed E-state index contributed by atoms with van der Waals surface area (Å²) in [6.07, 6.45) is 0. The first-order valence-corrected chi connectivity index (χ1v) is 1.74. The molecule has 0 aromatic heterocycles. The lowest BCUT2D eigenvalue weighted by atomic mass is 11.0. The van der Waals surface area contributed by atoms with E-state index < -0.39 is 0 Å². The fourth-order valence-corrected chi connectivity index (χ4v) is 0. The van der Waals surface area contributed by atoms with Gasteiger partial charge >= 0.3 is 0 Å². The normalized spacial score (nSPS) is 9.00. The Morgan fingerprint density at radius 1 is 2.00 bits per heavy atom. The number of hydrogen-bond donors (Lipinski definition) is 1. The Morgan fingerprint density at radius 2 is 2.00 bits per heavy atom. The maximum Gasteiger partial charge on any atom is 0.112 e. The molecule has 0 aromatic rings. The van der Waals surface area contributed by atoms with E-state index in [-0.39, 0.29) is 0 Å². The molecule has 0 atom stereocenters. The molecule has 0 amide bonds. The first-order chi connectivity index (χ1) is 1.73. The minimum atomic E-state index is 0.583. The molecular formula is C2H4ClS. The Labute approximate surface area is 36.6 Å². The predicted molar refractivity (Wildman–Crippen MR) is 23.8 cm³/mol. The molecule has 0 bridgehead atoms. The van der Waals surface area contributed by atoms with Crippen LogP contribution in [-0.4, -0.2) is 0 Å². The highest BCUT2D eigenvalue weighted by molar-refractivity contribution is 7.85. The minimum Gasteiger partial charge on any atom is -0.154 e. The molecule has 2 heteroatoms. The summed E-state index contributed by atoms with van der Waals surface area (Å²) < 4.78 is 0.583. The molecular weight excluding hydrogens is 91.5 g/mol. The van der Waals surface area contributed by atoms with Crippen LogP contribution >= 0.6 is 24.2 Å². The number of hydrogen-bond acceptors (Lipinski definition) is 1. The zero-order valence-corrected chi connectivity index (χ0v) is 3.98. The standard InChI is InChI=1S/C2H4ClS/c1-2(3)4/h4H,1H3. The van der Waals surface area contributed by atoms with Crippen LogP contribution in [0.4, 0.5) is 0 Å². The smallest absolute Gasteiger partial charge is 0.112 e. The van der Waals surface area contributed by atoms with Crippen LogP contribution in [0.25, 0.3) is 0 Å². The molecule has 0 aliphatic rings. The summed E-state index contributed by atoms with van der Waals surface area (Å²) in [6.45, 7) is 1.71. The average molecular weight is 95.6 g/mol. The highest BCUT2D eigenvalue weighted by atomic mass is 35.5. The third-order valence-electron chi connectivity index (χ3n) is 0. The molecule has 0 saturated heterocycles. The van der Waals surface area contributed by atoms with Crippen molar-refractivity contribution in [3.05, 3.63) is 4.71 Å². The zero-order valence-electron chi connectivity index (χ0n) is 2.33. The topological polar surface area (TPSA) is 0 Å². The maximum atomic E-state index is 5.06. The molecule has 0 unspecified atom stereocenters. The van der Waals surface area contributed by atoms with E-state index in [9.17, 15) is 0 Å². The first-order valence-electron chi connectivity index (χ1n) is 0.913. The second kappa shape index (κ2) is 1.91. The highest BCUT2D eigenvalue weighted by Gasteiger charge is 1.74. The average Bonchev–Trinajstić information content (AvgIpc) is 0.811. The van der Waals surface area contributed by atoms with Crippen LogP contribution in [0.1, 0.15) is 6.92 Å². The molecule has 4 heavy (non-hydrogen) atoms. The lowest BCUT2D eigenvalue weighted by molar-refractivity contribution is 1.66. The van der Waals surface area contributed by atoms with Gasteiger partial charge in [0.15, 0.2) is 0 Å². The number of rotatable bonds is 0. The third-order valence-corrected chi connectivity index (χ3v) is 0. The second-order valence-corrected chi connectivity index (χ2v) is 2.00. The van der Waals surface area contributed by atoms with Gasteiger partial charge in [-0.05, 0) is 6.92 Å². The number of halogens is 1. The first kappa shape index (κ1) is 4.64. The number of thiol groups is 1. The molecule has 0 fully saturated rings. The Kier molecular flexibility index (Phi) is 2.22. The van der Waals surface area contributed by atoms with Gasteiger partial charge in [-0.25, -0.2) is 0 Å². The summed E-state index contributed by atoms with van der Waals surface area (Å²) in [4.78, 5) is 0. The van der Waals surface area contributed by atoms with Gasteiger partial charge in [0.05, 0.1) is 0 Å². The van der Waals surface area contributed by atoms with Crippen LogP contribution in [0, 0.1) is 4.71 Å². The Hall–Kier alpha value is 0.640. The van der Waals surface area contributed by atoms with Crippen LogP contribution in [-0.2, 0) is 0 Å². The van der Waals surface area contributed by atoms with E-state index in [1.54, 1.807) is 6.92 Å². The lowest BCUT2D eigenvalue weighted by Gasteiger charge is -1.73. The third kappa shape index (κ3) is 17.3. The van der Waals surface area contributed by atoms with Crippen LogP contribution in [0.5, 0.6) is 0 Å². The molecule has 0 heterocycles. The van der Waals surface area contributed by atoms with Crippen LogP contribution in [0.15, 0.2) is 0 Å². The molecule has 0 saturated carbocycles. The molecule has 0 aromatic carbocycles. The predicted octanol–water partition coefficient (Wildman–Crippen LogP) is 1.66. The second-order valence-electron chi connectivity index (χ2n) is 0.497. The van der Waals surface area contributed by atoms with Gasteiger partial charge in [-0.1, -0.05) is 0 Å². The summed E-state index contributed by atoms with van der Waals surface area (Å²) >= 11 is 8.70. The Morgan fingerprint density at radius 3 is 2.00 bits per heavy atom. The molecule has 0 rings (SSSR count). The van der Waals surface area contributed by atoms with Crippen molar-refractivity contribution in [2.45, 2.75) is 6.92 Å². The van der Waals surface area contributed by atoms with Crippen molar-refractivity contribution in [1.82, 2.24) is 0 Å². The van der Waals surface area contributed by atoms with Gasteiger partial charge in [-0.15, -0.1) is 11.6 Å². The van der Waals surface area contributed by atoms with E-state index >= 15 is 0 Å². The molecule has 0 nitrogen and oxygen atoms in total. The molecule has 0 aliphatic carbocycles. The molecule has 1 radical (unpaired) electrons. The van der Waals surface area contributed by atoms with Crippen molar-refractivity contribution in [1.29, 1.82) is 0 Å². The van der Waals surface area contributed by atoms with Crippen molar-refractivity contribution in [2.75, 3.05) is 0 Å². The maximum absolute atomic E-state index is 5.06. The van der Waals surface area contributed by atoms with E-state index in [0.29, 0.717) is 4.71 Å². The molecule has 0 N–H and O–H groups in total. The van der Waals surface area contributed by atoms with Gasteiger partial charge in [0.25, 0.3) is 0 Å². The van der Waals surface area contributed by atoms with Crippen LogP contribution in [0.2, 0.25) is 0 Å². The SMILES string of the molecule is C[C](S)Cl. The van der Waals surface area contributed by atoms with Gasteiger partial charge < -0.3 is 0 Å². The van der Waals surface area contributed by atoms with Gasteiger partial charge in [-0.2, -0.15) is 12.6 Å². The van der Waals surface area contributed by atoms with E-state index in [1.165, 1.54) is 0 Å².